The summed E-state index contributed by atoms with van der Waals surface area (Å²) in [5.41, 5.74) is 5.10. The van der Waals surface area contributed by atoms with Crippen LogP contribution in [0.15, 0.2) is 16.1 Å². The van der Waals surface area contributed by atoms with Gasteiger partial charge in [0.15, 0.2) is 0 Å². The standard InChI is InChI=1S/C19H23N5O2S/c1-11-6-20-18(22-11)7-21-19(25)16-10-27-17-9-24(5-4-14(16)17)8-15-12(2)23-26-13(15)3/h6,10H,4-5,7-9H2,1-3H3,(H,20,22)(H,21,25). The SMILES string of the molecule is Cc1cnc(CNC(=O)c2csc3c2CCN(Cc2c(C)noc2C)C3)[nH]1. The maximum atomic E-state index is 12.6. The quantitative estimate of drug-likeness (QED) is 0.705. The molecule has 7 nitrogen and oxygen atoms in total. The number of thiophene rings is 1. The lowest BCUT2D eigenvalue weighted by atomic mass is 10.0. The van der Waals surface area contributed by atoms with E-state index in [0.29, 0.717) is 6.54 Å². The van der Waals surface area contributed by atoms with Gasteiger partial charge >= 0.3 is 0 Å². The summed E-state index contributed by atoms with van der Waals surface area (Å²) in [5.74, 6) is 1.63. The van der Waals surface area contributed by atoms with Crippen LogP contribution in [-0.4, -0.2) is 32.5 Å². The first-order valence-electron chi connectivity index (χ1n) is 9.03. The Morgan fingerprint density at radius 1 is 1.41 bits per heavy atom. The van der Waals surface area contributed by atoms with Gasteiger partial charge in [-0.15, -0.1) is 11.3 Å². The molecule has 1 amide bonds. The number of hydrogen-bond donors (Lipinski definition) is 2. The molecular formula is C19H23N5O2S. The molecule has 0 saturated carbocycles. The van der Waals surface area contributed by atoms with Gasteiger partial charge in [-0.2, -0.15) is 0 Å². The minimum atomic E-state index is -0.0271. The fourth-order valence-electron chi connectivity index (χ4n) is 3.47. The Bertz CT molecular complexity index is 951. The number of H-pyrrole nitrogens is 1. The van der Waals surface area contributed by atoms with Crippen molar-refractivity contribution in [2.24, 2.45) is 0 Å². The van der Waals surface area contributed by atoms with Crippen molar-refractivity contribution in [1.29, 1.82) is 0 Å². The topological polar surface area (TPSA) is 87.1 Å². The Hall–Kier alpha value is -2.45. The number of fused-ring (bicyclic) bond motifs is 1. The number of aromatic amines is 1. The van der Waals surface area contributed by atoms with E-state index in [1.807, 2.05) is 26.2 Å². The van der Waals surface area contributed by atoms with Crippen molar-refractivity contribution < 1.29 is 9.32 Å². The lowest BCUT2D eigenvalue weighted by Gasteiger charge is -2.27. The van der Waals surface area contributed by atoms with Crippen LogP contribution in [0, 0.1) is 20.8 Å². The first kappa shape index (κ1) is 17.9. The van der Waals surface area contributed by atoms with E-state index in [2.05, 4.69) is 25.3 Å². The lowest BCUT2D eigenvalue weighted by Crippen LogP contribution is -2.31. The Labute approximate surface area is 161 Å². The van der Waals surface area contributed by atoms with E-state index >= 15 is 0 Å². The van der Waals surface area contributed by atoms with Gasteiger partial charge in [0, 0.05) is 47.3 Å². The van der Waals surface area contributed by atoms with Crippen molar-refractivity contribution >= 4 is 17.2 Å². The average Bonchev–Trinajstić information content (AvgIpc) is 3.34. The molecule has 0 bridgehead atoms. The molecule has 27 heavy (non-hydrogen) atoms. The van der Waals surface area contributed by atoms with E-state index in [9.17, 15) is 4.79 Å². The second-order valence-corrected chi connectivity index (χ2v) is 7.97. The van der Waals surface area contributed by atoms with Crippen molar-refractivity contribution in [2.45, 2.75) is 46.8 Å². The maximum Gasteiger partial charge on any atom is 0.252 e. The number of aryl methyl sites for hydroxylation is 3. The summed E-state index contributed by atoms with van der Waals surface area (Å²) in [7, 11) is 0. The summed E-state index contributed by atoms with van der Waals surface area (Å²) in [6.07, 6.45) is 2.65. The molecule has 0 aliphatic carbocycles. The van der Waals surface area contributed by atoms with Crippen LogP contribution in [0.2, 0.25) is 0 Å². The largest absolute Gasteiger partial charge is 0.361 e. The molecule has 4 rings (SSSR count). The average molecular weight is 385 g/mol. The molecular weight excluding hydrogens is 362 g/mol. The molecule has 1 aliphatic rings. The number of nitrogens with zero attached hydrogens (tertiary/aromatic N) is 3. The normalized spacial score (nSPS) is 14.3. The lowest BCUT2D eigenvalue weighted by molar-refractivity contribution is 0.0948. The van der Waals surface area contributed by atoms with Gasteiger partial charge in [0.05, 0.1) is 17.8 Å². The van der Waals surface area contributed by atoms with Crippen LogP contribution in [0.4, 0.5) is 0 Å². The monoisotopic (exact) mass is 385 g/mol. The number of aromatic nitrogens is 3. The zero-order valence-electron chi connectivity index (χ0n) is 15.8. The number of rotatable bonds is 5. The molecule has 2 N–H and O–H groups in total. The van der Waals surface area contributed by atoms with Crippen molar-refractivity contribution in [3.05, 3.63) is 56.1 Å². The van der Waals surface area contributed by atoms with E-state index in [4.69, 9.17) is 4.52 Å². The van der Waals surface area contributed by atoms with Crippen LogP contribution < -0.4 is 5.32 Å². The predicted octanol–water partition coefficient (Wildman–Crippen LogP) is 2.87. The number of amides is 1. The van der Waals surface area contributed by atoms with E-state index < -0.39 is 0 Å². The van der Waals surface area contributed by atoms with E-state index in [0.717, 1.165) is 54.6 Å². The zero-order chi connectivity index (χ0) is 19.0. The summed E-state index contributed by atoms with van der Waals surface area (Å²) in [6.45, 7) is 8.91. The van der Waals surface area contributed by atoms with Gasteiger partial charge in [-0.1, -0.05) is 5.16 Å². The second-order valence-electron chi connectivity index (χ2n) is 7.01. The van der Waals surface area contributed by atoms with Gasteiger partial charge in [0.25, 0.3) is 5.91 Å². The van der Waals surface area contributed by atoms with Gasteiger partial charge in [0.1, 0.15) is 11.6 Å². The first-order chi connectivity index (χ1) is 13.0. The Morgan fingerprint density at radius 3 is 2.96 bits per heavy atom. The summed E-state index contributed by atoms with van der Waals surface area (Å²) in [6, 6.07) is 0. The molecule has 0 atom stereocenters. The molecule has 1 aliphatic heterocycles. The summed E-state index contributed by atoms with van der Waals surface area (Å²) in [4.78, 5) is 23.6. The third-order valence-electron chi connectivity index (χ3n) is 5.01. The van der Waals surface area contributed by atoms with E-state index in [1.54, 1.807) is 17.5 Å². The number of hydrogen-bond acceptors (Lipinski definition) is 6. The molecule has 0 aromatic carbocycles. The Balaban J connectivity index is 1.41. The summed E-state index contributed by atoms with van der Waals surface area (Å²) >= 11 is 1.67. The van der Waals surface area contributed by atoms with Crippen LogP contribution in [0.25, 0.3) is 0 Å². The fraction of sp³-hybridized carbons (Fsp3) is 0.421. The van der Waals surface area contributed by atoms with Gasteiger partial charge in [-0.05, 0) is 32.8 Å². The number of carbonyl (C=O) groups is 1. The summed E-state index contributed by atoms with van der Waals surface area (Å²) < 4.78 is 5.27. The molecule has 3 aromatic heterocycles. The van der Waals surface area contributed by atoms with Crippen LogP contribution in [0.5, 0.6) is 0 Å². The minimum Gasteiger partial charge on any atom is -0.361 e. The van der Waals surface area contributed by atoms with Crippen molar-refractivity contribution in [3.63, 3.8) is 0 Å². The number of nitrogens with one attached hydrogen (secondary N) is 2. The van der Waals surface area contributed by atoms with Gasteiger partial charge in [-0.25, -0.2) is 4.98 Å². The molecule has 4 heterocycles. The fourth-order valence-corrected chi connectivity index (χ4v) is 4.59. The van der Waals surface area contributed by atoms with Crippen LogP contribution in [0.1, 0.15) is 49.3 Å². The zero-order valence-corrected chi connectivity index (χ0v) is 16.6. The Kier molecular flexibility index (Phi) is 4.84. The number of carbonyl (C=O) groups excluding carboxylic acids is 1. The van der Waals surface area contributed by atoms with Crippen molar-refractivity contribution in [3.8, 4) is 0 Å². The molecule has 0 fully saturated rings. The highest BCUT2D eigenvalue weighted by atomic mass is 32.1. The highest BCUT2D eigenvalue weighted by Gasteiger charge is 2.25. The highest BCUT2D eigenvalue weighted by Crippen LogP contribution is 2.30. The van der Waals surface area contributed by atoms with Crippen molar-refractivity contribution in [1.82, 2.24) is 25.3 Å². The van der Waals surface area contributed by atoms with Crippen LogP contribution >= 0.6 is 11.3 Å². The number of imidazole rings is 1. The molecule has 0 saturated heterocycles. The molecule has 8 heteroatoms. The van der Waals surface area contributed by atoms with Crippen molar-refractivity contribution in [2.75, 3.05) is 6.54 Å². The maximum absolute atomic E-state index is 12.6. The third kappa shape index (κ3) is 3.68. The molecule has 3 aromatic rings. The summed E-state index contributed by atoms with van der Waals surface area (Å²) in [5, 5.41) is 8.99. The van der Waals surface area contributed by atoms with Gasteiger partial charge < -0.3 is 14.8 Å². The molecule has 0 radical (unpaired) electrons. The van der Waals surface area contributed by atoms with Crippen LogP contribution in [0.3, 0.4) is 0 Å². The predicted molar refractivity (Wildman–Crippen MR) is 103 cm³/mol. The second kappa shape index (κ2) is 7.28. The Morgan fingerprint density at radius 2 is 2.26 bits per heavy atom. The van der Waals surface area contributed by atoms with E-state index in [-0.39, 0.29) is 5.91 Å². The highest BCUT2D eigenvalue weighted by molar-refractivity contribution is 7.10. The molecule has 0 spiro atoms. The van der Waals surface area contributed by atoms with Gasteiger partial charge in [0.2, 0.25) is 0 Å². The molecule has 142 valence electrons. The first-order valence-corrected chi connectivity index (χ1v) is 9.91. The van der Waals surface area contributed by atoms with E-state index in [1.165, 1.54) is 16.0 Å². The minimum absolute atomic E-state index is 0.0271. The van der Waals surface area contributed by atoms with Gasteiger partial charge in [-0.3, -0.25) is 9.69 Å². The third-order valence-corrected chi connectivity index (χ3v) is 6.02. The molecule has 0 unspecified atom stereocenters. The van der Waals surface area contributed by atoms with Crippen LogP contribution in [-0.2, 0) is 26.1 Å². The smallest absolute Gasteiger partial charge is 0.252 e.